The summed E-state index contributed by atoms with van der Waals surface area (Å²) in [6.45, 7) is 4.72. The highest BCUT2D eigenvalue weighted by atomic mass is 15.1. The van der Waals surface area contributed by atoms with Gasteiger partial charge in [-0.3, -0.25) is 0 Å². The Hall–Kier alpha value is -6.58. The van der Waals surface area contributed by atoms with Crippen molar-refractivity contribution in [1.29, 1.82) is 0 Å². The molecule has 1 aliphatic heterocycles. The van der Waals surface area contributed by atoms with E-state index in [1.165, 1.54) is 38.4 Å². The summed E-state index contributed by atoms with van der Waals surface area (Å²) < 4.78 is 0. The standard InChI is InChI=1S/C49H35N3/c1-49(2)34-29-42-38(24-15-25-39(42)43(30-34)48-50-45-26-13-11-23-41(45)47(51-48)32-16-5-3-6-17-32)40-22-12-14-27-46(40)52(35-19-7-4-8-20-35)36-28-33-18-9-10-21-37(33)44(49)31-36/h3-31H,1-2H3. The molecule has 52 heavy (non-hydrogen) atoms. The molecule has 0 saturated heterocycles. The van der Waals surface area contributed by atoms with Gasteiger partial charge in [-0.2, -0.15) is 0 Å². The van der Waals surface area contributed by atoms with Gasteiger partial charge in [0.25, 0.3) is 0 Å². The molecule has 1 aliphatic rings. The predicted molar refractivity (Wildman–Crippen MR) is 218 cm³/mol. The van der Waals surface area contributed by atoms with E-state index in [0.29, 0.717) is 0 Å². The fraction of sp³-hybridized carbons (Fsp3) is 0.0612. The molecule has 0 amide bonds. The van der Waals surface area contributed by atoms with Gasteiger partial charge in [0.15, 0.2) is 5.82 Å². The Kier molecular flexibility index (Phi) is 6.84. The van der Waals surface area contributed by atoms with Gasteiger partial charge in [-0.25, -0.2) is 9.97 Å². The van der Waals surface area contributed by atoms with Crippen LogP contribution in [0.5, 0.6) is 0 Å². The van der Waals surface area contributed by atoms with Crippen molar-refractivity contribution in [2.45, 2.75) is 19.3 Å². The molecule has 246 valence electrons. The maximum Gasteiger partial charge on any atom is 0.161 e. The molecular formula is C49H35N3. The zero-order valence-electron chi connectivity index (χ0n) is 29.1. The number of fused-ring (bicyclic) bond motifs is 8. The molecule has 0 spiro atoms. The highest BCUT2D eigenvalue weighted by Gasteiger charge is 2.31. The van der Waals surface area contributed by atoms with Crippen LogP contribution in [0.2, 0.25) is 0 Å². The van der Waals surface area contributed by atoms with Gasteiger partial charge in [0.05, 0.1) is 16.9 Å². The third-order valence-corrected chi connectivity index (χ3v) is 10.8. The second-order valence-corrected chi connectivity index (χ2v) is 14.2. The van der Waals surface area contributed by atoms with E-state index in [2.05, 4.69) is 195 Å². The summed E-state index contributed by atoms with van der Waals surface area (Å²) in [7, 11) is 0. The average molecular weight is 666 g/mol. The maximum absolute atomic E-state index is 5.40. The van der Waals surface area contributed by atoms with Crippen LogP contribution in [0.1, 0.15) is 25.0 Å². The van der Waals surface area contributed by atoms with Crippen LogP contribution in [0.3, 0.4) is 0 Å². The number of anilines is 3. The summed E-state index contributed by atoms with van der Waals surface area (Å²) >= 11 is 0. The molecule has 9 aromatic rings. The van der Waals surface area contributed by atoms with Crippen molar-refractivity contribution < 1.29 is 0 Å². The number of hydrogen-bond donors (Lipinski definition) is 0. The van der Waals surface area contributed by atoms with Crippen LogP contribution in [-0.4, -0.2) is 9.97 Å². The Morgan fingerprint density at radius 1 is 0.462 bits per heavy atom. The van der Waals surface area contributed by atoms with Crippen molar-refractivity contribution in [1.82, 2.24) is 9.97 Å². The topological polar surface area (TPSA) is 29.0 Å². The normalized spacial score (nSPS) is 13.3. The van der Waals surface area contributed by atoms with Crippen LogP contribution in [-0.2, 0) is 5.41 Å². The summed E-state index contributed by atoms with van der Waals surface area (Å²) in [5.41, 5.74) is 11.8. The lowest BCUT2D eigenvalue weighted by atomic mass is 9.74. The van der Waals surface area contributed by atoms with Crippen molar-refractivity contribution in [2.75, 3.05) is 4.90 Å². The van der Waals surface area contributed by atoms with Crippen LogP contribution >= 0.6 is 0 Å². The lowest BCUT2D eigenvalue weighted by Gasteiger charge is -2.32. The molecule has 0 atom stereocenters. The highest BCUT2D eigenvalue weighted by Crippen LogP contribution is 2.49. The quantitative estimate of drug-likeness (QED) is 0.188. The van der Waals surface area contributed by atoms with Crippen molar-refractivity contribution in [3.05, 3.63) is 187 Å². The van der Waals surface area contributed by atoms with Gasteiger partial charge in [-0.15, -0.1) is 0 Å². The van der Waals surface area contributed by atoms with Crippen LogP contribution in [0.4, 0.5) is 17.1 Å². The summed E-state index contributed by atoms with van der Waals surface area (Å²) in [4.78, 5) is 13.1. The fourth-order valence-corrected chi connectivity index (χ4v) is 8.18. The van der Waals surface area contributed by atoms with Crippen LogP contribution in [0.25, 0.3) is 66.2 Å². The molecule has 2 heterocycles. The Morgan fingerprint density at radius 2 is 1.13 bits per heavy atom. The molecular weight excluding hydrogens is 631 g/mol. The Labute approximate surface area is 303 Å². The van der Waals surface area contributed by atoms with E-state index in [-0.39, 0.29) is 5.41 Å². The minimum Gasteiger partial charge on any atom is -0.310 e. The zero-order valence-corrected chi connectivity index (χ0v) is 29.1. The third-order valence-electron chi connectivity index (χ3n) is 10.8. The lowest BCUT2D eigenvalue weighted by Crippen LogP contribution is -2.20. The first-order valence-electron chi connectivity index (χ1n) is 17.9. The summed E-state index contributed by atoms with van der Waals surface area (Å²) in [6, 6.07) is 63.4. The monoisotopic (exact) mass is 665 g/mol. The number of benzene rings is 8. The van der Waals surface area contributed by atoms with Gasteiger partial charge < -0.3 is 4.90 Å². The lowest BCUT2D eigenvalue weighted by molar-refractivity contribution is 0.648. The summed E-state index contributed by atoms with van der Waals surface area (Å²) in [5.74, 6) is 0.727. The zero-order chi connectivity index (χ0) is 34.8. The van der Waals surface area contributed by atoms with Crippen molar-refractivity contribution >= 4 is 49.5 Å². The van der Waals surface area contributed by atoms with Crippen LogP contribution in [0.15, 0.2) is 176 Å². The molecule has 0 unspecified atom stereocenters. The number of hydrogen-bond acceptors (Lipinski definition) is 3. The Morgan fingerprint density at radius 3 is 1.98 bits per heavy atom. The van der Waals surface area contributed by atoms with E-state index in [1.807, 2.05) is 0 Å². The summed E-state index contributed by atoms with van der Waals surface area (Å²) in [6.07, 6.45) is 0. The van der Waals surface area contributed by atoms with Crippen molar-refractivity contribution in [2.24, 2.45) is 0 Å². The number of nitrogens with zero attached hydrogens (tertiary/aromatic N) is 3. The van der Waals surface area contributed by atoms with Gasteiger partial charge in [0, 0.05) is 38.9 Å². The van der Waals surface area contributed by atoms with E-state index in [4.69, 9.17) is 9.97 Å². The fourth-order valence-electron chi connectivity index (χ4n) is 8.18. The molecule has 1 aromatic heterocycles. The van der Waals surface area contributed by atoms with Gasteiger partial charge in [-0.1, -0.05) is 141 Å². The number of rotatable bonds is 3. The second-order valence-electron chi connectivity index (χ2n) is 14.2. The van der Waals surface area contributed by atoms with Gasteiger partial charge in [-0.05, 0) is 86.8 Å². The van der Waals surface area contributed by atoms with E-state index in [9.17, 15) is 0 Å². The first-order valence-corrected chi connectivity index (χ1v) is 17.9. The molecule has 0 N–H and O–H groups in total. The van der Waals surface area contributed by atoms with Gasteiger partial charge >= 0.3 is 0 Å². The molecule has 8 aromatic carbocycles. The molecule has 4 bridgehead atoms. The van der Waals surface area contributed by atoms with Crippen molar-refractivity contribution in [3.63, 3.8) is 0 Å². The highest BCUT2D eigenvalue weighted by molar-refractivity contribution is 6.08. The van der Waals surface area contributed by atoms with E-state index in [1.54, 1.807) is 0 Å². The van der Waals surface area contributed by atoms with E-state index >= 15 is 0 Å². The van der Waals surface area contributed by atoms with Crippen LogP contribution < -0.4 is 4.90 Å². The van der Waals surface area contributed by atoms with Gasteiger partial charge in [0.1, 0.15) is 0 Å². The minimum absolute atomic E-state index is 0.385. The van der Waals surface area contributed by atoms with E-state index < -0.39 is 0 Å². The molecule has 3 nitrogen and oxygen atoms in total. The molecule has 0 fully saturated rings. The number of para-hydroxylation sites is 3. The molecule has 10 rings (SSSR count). The molecule has 3 heteroatoms. The smallest absolute Gasteiger partial charge is 0.161 e. The third kappa shape index (κ3) is 4.74. The second kappa shape index (κ2) is 11.8. The first kappa shape index (κ1) is 30.3. The van der Waals surface area contributed by atoms with Gasteiger partial charge in [0.2, 0.25) is 0 Å². The summed E-state index contributed by atoms with van der Waals surface area (Å²) in [5, 5.41) is 5.82. The Bertz CT molecular complexity index is 2820. The van der Waals surface area contributed by atoms with Crippen molar-refractivity contribution in [3.8, 4) is 33.8 Å². The SMILES string of the molecule is CC1(C)c2cc(-c3nc(-c4ccccc4)c4ccccc4n3)c3cccc(c3c2)-c2ccccc2N(c2ccccc2)c2cc1c1ccccc1c2. The largest absolute Gasteiger partial charge is 0.310 e. The predicted octanol–water partition coefficient (Wildman–Crippen LogP) is 13.0. The minimum atomic E-state index is -0.385. The average Bonchev–Trinajstić information content (AvgIpc) is 3.21. The molecule has 0 radical (unpaired) electrons. The molecule has 0 aliphatic carbocycles. The maximum atomic E-state index is 5.40. The number of aromatic nitrogens is 2. The molecule has 0 saturated carbocycles. The van der Waals surface area contributed by atoms with E-state index in [0.717, 1.165) is 56.0 Å². The Balaban J connectivity index is 1.35. The van der Waals surface area contributed by atoms with Crippen LogP contribution in [0, 0.1) is 0 Å². The first-order chi connectivity index (χ1) is 25.5.